The van der Waals surface area contributed by atoms with Gasteiger partial charge in [0, 0.05) is 123 Å². The van der Waals surface area contributed by atoms with Crippen molar-refractivity contribution in [2.24, 2.45) is 0 Å². The minimum absolute atomic E-state index is 0.0521. The maximum absolute atomic E-state index is 10.8. The van der Waals surface area contributed by atoms with Crippen LogP contribution in [0.15, 0.2) is 323 Å². The van der Waals surface area contributed by atoms with Crippen molar-refractivity contribution in [3.8, 4) is 17.2 Å². The zero-order chi connectivity index (χ0) is 82.6. The highest BCUT2D eigenvalue weighted by Gasteiger charge is 2.15. The Morgan fingerprint density at radius 1 is 0.281 bits per heavy atom. The van der Waals surface area contributed by atoms with Gasteiger partial charge in [0.15, 0.2) is 0 Å². The maximum atomic E-state index is 10.8. The van der Waals surface area contributed by atoms with Crippen molar-refractivity contribution in [2.75, 3.05) is 132 Å². The lowest BCUT2D eigenvalue weighted by molar-refractivity contribution is 0.111. The molecule has 0 aliphatic carbocycles. The summed E-state index contributed by atoms with van der Waals surface area (Å²) in [6, 6.07) is 103. The number of pyridine rings is 1. The predicted molar refractivity (Wildman–Crippen MR) is 520 cm³/mol. The second-order valence-electron chi connectivity index (χ2n) is 29.2. The summed E-state index contributed by atoms with van der Waals surface area (Å²) in [5, 5.41) is 27.4. The Kier molecular flexibility index (Phi) is 37.0. The fraction of sp³-hybridized carbons (Fsp3) is 0.265. The van der Waals surface area contributed by atoms with E-state index in [-0.39, 0.29) is 5.56 Å². The van der Waals surface area contributed by atoms with Crippen LogP contribution >= 0.6 is 58.8 Å². The summed E-state index contributed by atoms with van der Waals surface area (Å²) in [6.07, 6.45) is 10.0. The summed E-state index contributed by atoms with van der Waals surface area (Å²) >= 11 is 9.74. The molecular formula is C102H113N9O5S5. The first-order chi connectivity index (χ1) is 60.0. The predicted octanol–water partition coefficient (Wildman–Crippen LogP) is 23.4. The molecule has 14 nitrogen and oxygen atoms in total. The van der Waals surface area contributed by atoms with Crippen LogP contribution in [0.2, 0.25) is 0 Å². The van der Waals surface area contributed by atoms with Gasteiger partial charge in [0.1, 0.15) is 30.6 Å². The number of benzene rings is 12. The number of para-hydroxylation sites is 11. The second kappa shape index (κ2) is 50.7. The van der Waals surface area contributed by atoms with Crippen LogP contribution in [0.25, 0.3) is 10.9 Å². The molecule has 626 valence electrons. The molecule has 121 heavy (non-hydrogen) atoms. The van der Waals surface area contributed by atoms with Gasteiger partial charge in [-0.1, -0.05) is 206 Å². The molecule has 24 rings (SSSR count). The number of rotatable bonds is 0. The van der Waals surface area contributed by atoms with E-state index in [9.17, 15) is 4.79 Å². The van der Waals surface area contributed by atoms with Gasteiger partial charge in [-0.05, 0) is 204 Å². The van der Waals surface area contributed by atoms with Crippen LogP contribution in [0.4, 0.5) is 39.8 Å². The third-order valence-corrected chi connectivity index (χ3v) is 25.8. The van der Waals surface area contributed by atoms with E-state index in [1.807, 2.05) is 162 Å². The summed E-state index contributed by atoms with van der Waals surface area (Å²) in [5.74, 6) is 11.3. The van der Waals surface area contributed by atoms with Crippen LogP contribution in [-0.4, -0.2) is 99.7 Å². The number of hydrogen-bond acceptors (Lipinski definition) is 18. The standard InChI is InChI=1S/C9H7NO.2C9H11N.C9H10O.2C9H10S.C8H10N2.2C8H9NO.2C8H9NS.C8H8OS/c11-9-6-5-7-3-1-2-4-8(7)10-9;2*1-2-6-9-8(4-1)5-3-7-10-9;1-2-4-9-7-10-6-5-8(9)3-1;1-2-6-9-8(4-1)5-3-7-10-9;1-2-4-9-7-10-6-5-8(9)3-1;1-2-4-8-7(3-1)9-5-6-10-8;1-2-4-8-7(3-1)5-9-6-10-8;1-2-4-8-7(3-1)9-5-6-10-8;1-2-4-8-7(3-1)5-10-6-9-8;2*1-2-4-8-7(3-1)9-5-6-10-8/h1-6H,(H,10,11);2*1-2,4,6,10H,3,5,7H2;1-4H,5-7H2;1-2,4,6H,3,5,7H2;1-4H,5-7H2;1-4,9-10H,5-6H2;4*1-4,9H,5-6H2;1-4H,5-6H2. The van der Waals surface area contributed by atoms with Crippen LogP contribution in [0.5, 0.6) is 17.2 Å². The average Bonchev–Trinajstić information content (AvgIpc) is 0.848. The molecule has 0 atom stereocenters. The normalized spacial score (nSPS) is 15.2. The highest BCUT2D eigenvalue weighted by Crippen LogP contribution is 2.35. The largest absolute Gasteiger partial charge is 0.492 e. The van der Waals surface area contributed by atoms with Crippen molar-refractivity contribution >= 4 is 110 Å². The number of aromatic amines is 1. The molecule has 9 N–H and O–H groups in total. The fourth-order valence-electron chi connectivity index (χ4n) is 14.4. The first-order valence-corrected chi connectivity index (χ1v) is 47.6. The Labute approximate surface area is 736 Å². The van der Waals surface area contributed by atoms with Gasteiger partial charge in [-0.25, -0.2) is 0 Å². The quantitative estimate of drug-likeness (QED) is 0.0703. The van der Waals surface area contributed by atoms with Crippen molar-refractivity contribution in [1.82, 2.24) is 10.3 Å². The lowest BCUT2D eigenvalue weighted by atomic mass is 10.0. The van der Waals surface area contributed by atoms with E-state index in [0.29, 0.717) is 6.73 Å². The van der Waals surface area contributed by atoms with Gasteiger partial charge in [0.2, 0.25) is 5.56 Å². The van der Waals surface area contributed by atoms with Gasteiger partial charge in [-0.3, -0.25) is 10.1 Å². The number of fused-ring (bicyclic) bond motifs is 12. The SMILES string of the molecule is O=c1ccc2ccccc2[nH]1.c1ccc2c(c1)CCCN2.c1ccc2c(c1)CCCN2.c1ccc2c(c1)CCCS2.c1ccc2c(c1)CCOC2.c1ccc2c(c1)CCSC2.c1ccc2c(c1)CNCO2.c1ccc2c(c1)CSCN2.c1ccc2c(c1)NCCN2.c1ccc2c(c1)NCCO2.c1ccc2c(c1)NCCS2.c1ccc2c(c1)OCCS2. The molecule has 0 radical (unpaired) electrons. The van der Waals surface area contributed by atoms with Gasteiger partial charge >= 0.3 is 0 Å². The molecular weight excluding hydrogens is 1590 g/mol. The van der Waals surface area contributed by atoms with Gasteiger partial charge in [-0.15, -0.1) is 47.0 Å². The van der Waals surface area contributed by atoms with E-state index in [2.05, 4.69) is 242 Å². The summed E-state index contributed by atoms with van der Waals surface area (Å²) in [7, 11) is 0. The second-order valence-corrected chi connectivity index (χ2v) is 34.7. The molecule has 11 aliphatic heterocycles. The number of nitrogens with one attached hydrogen (secondary N) is 9. The number of aromatic nitrogens is 1. The first kappa shape index (κ1) is 88.3. The topological polar surface area (TPSA) is 166 Å². The molecule has 12 heterocycles. The summed E-state index contributed by atoms with van der Waals surface area (Å²) in [5.41, 5.74) is 22.7. The van der Waals surface area contributed by atoms with E-state index in [1.165, 1.54) is 156 Å². The molecule has 0 amide bonds. The van der Waals surface area contributed by atoms with E-state index < -0.39 is 0 Å². The molecule has 12 aromatic carbocycles. The third kappa shape index (κ3) is 29.4. The molecule has 1 aromatic heterocycles. The average molecular weight is 1710 g/mol. The number of thioether (sulfide) groups is 5. The lowest BCUT2D eigenvalue weighted by Gasteiger charge is -2.18. The number of aryl methyl sites for hydroxylation is 4. The molecule has 19 heteroatoms. The smallest absolute Gasteiger partial charge is 0.248 e. The Morgan fingerprint density at radius 2 is 0.777 bits per heavy atom. The van der Waals surface area contributed by atoms with Crippen LogP contribution < -0.4 is 62.3 Å². The minimum atomic E-state index is -0.0521. The van der Waals surface area contributed by atoms with Crippen LogP contribution in [0.1, 0.15) is 69.3 Å². The van der Waals surface area contributed by atoms with E-state index in [1.54, 1.807) is 16.7 Å². The van der Waals surface area contributed by atoms with Crippen molar-refractivity contribution < 1.29 is 18.9 Å². The molecule has 0 fully saturated rings. The van der Waals surface area contributed by atoms with Crippen LogP contribution in [-0.2, 0) is 61.5 Å². The fourth-order valence-corrected chi connectivity index (χ4v) is 19.0. The highest BCUT2D eigenvalue weighted by molar-refractivity contribution is 8.00. The van der Waals surface area contributed by atoms with E-state index in [0.717, 1.165) is 130 Å². The highest BCUT2D eigenvalue weighted by atomic mass is 32.2. The number of hydrogen-bond donors (Lipinski definition) is 9. The summed E-state index contributed by atoms with van der Waals surface area (Å²) < 4.78 is 21.4. The Morgan fingerprint density at radius 3 is 1.43 bits per heavy atom. The number of ether oxygens (including phenoxy) is 4. The van der Waals surface area contributed by atoms with E-state index in [4.69, 9.17) is 18.9 Å². The van der Waals surface area contributed by atoms with Crippen molar-refractivity contribution in [1.29, 1.82) is 0 Å². The van der Waals surface area contributed by atoms with Gasteiger partial charge < -0.3 is 61.1 Å². The molecule has 13 aromatic rings. The van der Waals surface area contributed by atoms with Gasteiger partial charge in [-0.2, -0.15) is 11.8 Å². The Hall–Kier alpha value is -10.5. The summed E-state index contributed by atoms with van der Waals surface area (Å²) in [6.45, 7) is 11.2. The van der Waals surface area contributed by atoms with Crippen molar-refractivity contribution in [3.63, 3.8) is 0 Å². The van der Waals surface area contributed by atoms with Crippen molar-refractivity contribution in [3.05, 3.63) is 364 Å². The Balaban J connectivity index is 0.000000114. The van der Waals surface area contributed by atoms with Crippen LogP contribution in [0.3, 0.4) is 0 Å². The minimum Gasteiger partial charge on any atom is -0.492 e. The zero-order valence-electron chi connectivity index (χ0n) is 69.0. The summed E-state index contributed by atoms with van der Waals surface area (Å²) in [4.78, 5) is 17.7. The molecule has 11 aliphatic rings. The van der Waals surface area contributed by atoms with Crippen LogP contribution in [0, 0.1) is 0 Å². The molecule has 0 saturated carbocycles. The third-order valence-electron chi connectivity index (χ3n) is 20.7. The number of anilines is 7. The molecule has 0 unspecified atom stereocenters. The first-order valence-electron chi connectivity index (χ1n) is 42.3. The number of H-pyrrole nitrogens is 1. The van der Waals surface area contributed by atoms with Gasteiger partial charge in [0.25, 0.3) is 0 Å². The molecule has 0 spiro atoms. The van der Waals surface area contributed by atoms with Gasteiger partial charge in [0.05, 0.1) is 42.8 Å². The Bertz CT molecular complexity index is 4070. The maximum Gasteiger partial charge on any atom is 0.248 e. The molecule has 0 saturated heterocycles. The van der Waals surface area contributed by atoms with E-state index >= 15 is 0 Å². The lowest BCUT2D eigenvalue weighted by Crippen LogP contribution is -2.24. The van der Waals surface area contributed by atoms with Crippen molar-refractivity contribution in [2.45, 2.75) is 90.7 Å². The zero-order valence-corrected chi connectivity index (χ0v) is 73.1. The monoisotopic (exact) mass is 1700 g/mol. The molecule has 0 bridgehead atoms.